The molecule has 0 aliphatic rings. The van der Waals surface area contributed by atoms with Crippen molar-refractivity contribution in [2.75, 3.05) is 30.0 Å². The number of ether oxygens (including phenoxy) is 1. The molecule has 1 rings (SSSR count). The molecular weight excluding hydrogens is 293 g/mol. The minimum Gasteiger partial charge on any atom is -0.492 e. The quantitative estimate of drug-likeness (QED) is 0.811. The van der Waals surface area contributed by atoms with Gasteiger partial charge in [0.15, 0.2) is 0 Å². The van der Waals surface area contributed by atoms with Gasteiger partial charge in [-0.15, -0.1) is 11.8 Å². The summed E-state index contributed by atoms with van der Waals surface area (Å²) < 4.78 is 41.0. The minimum absolute atomic E-state index is 0.245. The van der Waals surface area contributed by atoms with Crippen molar-refractivity contribution in [3.05, 3.63) is 24.3 Å². The fourth-order valence-corrected chi connectivity index (χ4v) is 1.86. The Balaban J connectivity index is 2.34. The number of hydrogen-bond acceptors (Lipinski definition) is 4. The molecule has 112 valence electrons. The van der Waals surface area contributed by atoms with Crippen molar-refractivity contribution in [3.8, 4) is 5.75 Å². The number of carbonyl (C=O) groups is 1. The number of benzene rings is 1. The number of thioether (sulfide) groups is 1. The first-order chi connectivity index (χ1) is 9.40. The molecule has 0 saturated carbocycles. The van der Waals surface area contributed by atoms with E-state index in [1.165, 1.54) is 0 Å². The summed E-state index contributed by atoms with van der Waals surface area (Å²) in [6.45, 7) is 0.786. The van der Waals surface area contributed by atoms with Crippen molar-refractivity contribution < 1.29 is 22.7 Å². The van der Waals surface area contributed by atoms with Crippen LogP contribution >= 0.6 is 11.8 Å². The van der Waals surface area contributed by atoms with E-state index in [1.807, 2.05) is 0 Å². The number of hydrogen-bond donors (Lipinski definition) is 2. The SMILES string of the molecule is NCCOc1ccc(NC(=O)CSCC(F)(F)F)cc1. The lowest BCUT2D eigenvalue weighted by molar-refractivity contribution is -0.113. The van der Waals surface area contributed by atoms with E-state index in [0.717, 1.165) is 0 Å². The van der Waals surface area contributed by atoms with Gasteiger partial charge >= 0.3 is 6.18 Å². The average molecular weight is 308 g/mol. The second-order valence-electron chi connectivity index (χ2n) is 3.82. The number of carbonyl (C=O) groups excluding carboxylic acids is 1. The highest BCUT2D eigenvalue weighted by Crippen LogP contribution is 2.21. The first kappa shape index (κ1) is 16.6. The molecule has 0 unspecified atom stereocenters. The minimum atomic E-state index is -4.26. The van der Waals surface area contributed by atoms with E-state index in [0.29, 0.717) is 36.4 Å². The lowest BCUT2D eigenvalue weighted by atomic mass is 10.3. The van der Waals surface area contributed by atoms with E-state index in [-0.39, 0.29) is 5.75 Å². The zero-order valence-corrected chi connectivity index (χ0v) is 11.4. The Morgan fingerprint density at radius 2 is 1.95 bits per heavy atom. The Kier molecular flexibility index (Phi) is 6.66. The van der Waals surface area contributed by atoms with Gasteiger partial charge in [0.25, 0.3) is 0 Å². The van der Waals surface area contributed by atoms with Crippen LogP contribution in [-0.2, 0) is 4.79 Å². The van der Waals surface area contributed by atoms with Crippen LogP contribution in [0.1, 0.15) is 0 Å². The van der Waals surface area contributed by atoms with Gasteiger partial charge in [0.05, 0.1) is 11.5 Å². The molecule has 0 atom stereocenters. The third-order valence-electron chi connectivity index (χ3n) is 2.02. The van der Waals surface area contributed by atoms with Gasteiger partial charge in [-0.3, -0.25) is 4.79 Å². The number of anilines is 1. The van der Waals surface area contributed by atoms with Crippen LogP contribution < -0.4 is 15.8 Å². The van der Waals surface area contributed by atoms with Gasteiger partial charge in [0.2, 0.25) is 5.91 Å². The summed E-state index contributed by atoms with van der Waals surface area (Å²) in [5, 5.41) is 2.50. The molecule has 0 aliphatic heterocycles. The van der Waals surface area contributed by atoms with Gasteiger partial charge in [-0.1, -0.05) is 0 Å². The normalized spacial score (nSPS) is 11.2. The zero-order chi connectivity index (χ0) is 15.0. The van der Waals surface area contributed by atoms with Gasteiger partial charge < -0.3 is 15.8 Å². The predicted octanol–water partition coefficient (Wildman–Crippen LogP) is 2.26. The molecule has 1 amide bonds. The molecule has 0 spiro atoms. The van der Waals surface area contributed by atoms with E-state index >= 15 is 0 Å². The Morgan fingerprint density at radius 3 is 2.50 bits per heavy atom. The Hall–Kier alpha value is -1.41. The summed E-state index contributed by atoms with van der Waals surface area (Å²) in [7, 11) is 0. The smallest absolute Gasteiger partial charge is 0.397 e. The Morgan fingerprint density at radius 1 is 1.30 bits per heavy atom. The highest BCUT2D eigenvalue weighted by atomic mass is 32.2. The number of amides is 1. The van der Waals surface area contributed by atoms with E-state index in [1.54, 1.807) is 24.3 Å². The van der Waals surface area contributed by atoms with E-state index in [2.05, 4.69) is 5.32 Å². The molecular formula is C12H15F3N2O2S. The van der Waals surface area contributed by atoms with Crippen LogP contribution in [-0.4, -0.2) is 36.7 Å². The fourth-order valence-electron chi connectivity index (χ4n) is 1.27. The van der Waals surface area contributed by atoms with Crippen LogP contribution in [0.25, 0.3) is 0 Å². The predicted molar refractivity (Wildman–Crippen MR) is 73.0 cm³/mol. The van der Waals surface area contributed by atoms with E-state index < -0.39 is 17.8 Å². The van der Waals surface area contributed by atoms with E-state index in [4.69, 9.17) is 10.5 Å². The fraction of sp³-hybridized carbons (Fsp3) is 0.417. The molecule has 0 saturated heterocycles. The molecule has 20 heavy (non-hydrogen) atoms. The molecule has 0 aromatic heterocycles. The second kappa shape index (κ2) is 8.01. The summed E-state index contributed by atoms with van der Waals surface area (Å²) in [4.78, 5) is 11.4. The topological polar surface area (TPSA) is 64.3 Å². The van der Waals surface area contributed by atoms with Gasteiger partial charge in [-0.2, -0.15) is 13.2 Å². The summed E-state index contributed by atoms with van der Waals surface area (Å²) in [5.74, 6) is -1.15. The maximum absolute atomic E-state index is 11.9. The highest BCUT2D eigenvalue weighted by Gasteiger charge is 2.27. The van der Waals surface area contributed by atoms with Gasteiger partial charge in [-0.25, -0.2) is 0 Å². The largest absolute Gasteiger partial charge is 0.492 e. The molecule has 0 heterocycles. The first-order valence-electron chi connectivity index (χ1n) is 5.78. The maximum Gasteiger partial charge on any atom is 0.397 e. The molecule has 0 radical (unpaired) electrons. The molecule has 0 aliphatic carbocycles. The van der Waals surface area contributed by atoms with Crippen LogP contribution in [0, 0.1) is 0 Å². The molecule has 8 heteroatoms. The van der Waals surface area contributed by atoms with Crippen LogP contribution in [0.5, 0.6) is 5.75 Å². The molecule has 1 aromatic rings. The Labute approximate surface area is 118 Å². The van der Waals surface area contributed by atoms with Crippen molar-refractivity contribution in [2.45, 2.75) is 6.18 Å². The number of rotatable bonds is 7. The summed E-state index contributed by atoms with van der Waals surface area (Å²) in [6, 6.07) is 6.51. The lowest BCUT2D eigenvalue weighted by Gasteiger charge is -2.08. The van der Waals surface area contributed by atoms with Crippen LogP contribution in [0.3, 0.4) is 0 Å². The number of halogens is 3. The van der Waals surface area contributed by atoms with Crippen molar-refractivity contribution >= 4 is 23.4 Å². The molecule has 0 fully saturated rings. The summed E-state index contributed by atoms with van der Waals surface area (Å²) >= 11 is 0.526. The number of nitrogens with one attached hydrogen (secondary N) is 1. The van der Waals surface area contributed by atoms with Crippen LogP contribution in [0.15, 0.2) is 24.3 Å². The molecule has 4 nitrogen and oxygen atoms in total. The third kappa shape index (κ3) is 7.25. The first-order valence-corrected chi connectivity index (χ1v) is 6.93. The zero-order valence-electron chi connectivity index (χ0n) is 10.6. The molecule has 0 bridgehead atoms. The monoisotopic (exact) mass is 308 g/mol. The van der Waals surface area contributed by atoms with Gasteiger partial charge in [-0.05, 0) is 24.3 Å². The van der Waals surface area contributed by atoms with Crippen LogP contribution in [0.4, 0.5) is 18.9 Å². The van der Waals surface area contributed by atoms with Crippen LogP contribution in [0.2, 0.25) is 0 Å². The second-order valence-corrected chi connectivity index (χ2v) is 4.80. The molecule has 1 aromatic carbocycles. The Bertz CT molecular complexity index is 424. The van der Waals surface area contributed by atoms with Crippen molar-refractivity contribution in [2.24, 2.45) is 5.73 Å². The summed E-state index contributed by atoms with van der Waals surface area (Å²) in [6.07, 6.45) is -4.26. The van der Waals surface area contributed by atoms with Gasteiger partial charge in [0, 0.05) is 12.2 Å². The van der Waals surface area contributed by atoms with Crippen molar-refractivity contribution in [1.82, 2.24) is 0 Å². The number of nitrogens with two attached hydrogens (primary N) is 1. The van der Waals surface area contributed by atoms with E-state index in [9.17, 15) is 18.0 Å². The third-order valence-corrected chi connectivity index (χ3v) is 3.02. The maximum atomic E-state index is 11.9. The summed E-state index contributed by atoms with van der Waals surface area (Å²) in [5.41, 5.74) is 5.79. The average Bonchev–Trinajstić information content (AvgIpc) is 2.36. The highest BCUT2D eigenvalue weighted by molar-refractivity contribution is 8.00. The number of alkyl halides is 3. The molecule has 3 N–H and O–H groups in total. The lowest BCUT2D eigenvalue weighted by Crippen LogP contribution is -2.17. The standard InChI is InChI=1S/C12H15F3N2O2S/c13-12(14,15)8-20-7-11(18)17-9-1-3-10(4-2-9)19-6-5-16/h1-4H,5-8,16H2,(H,17,18). The van der Waals surface area contributed by atoms with Crippen molar-refractivity contribution in [1.29, 1.82) is 0 Å². The van der Waals surface area contributed by atoms with Crippen molar-refractivity contribution in [3.63, 3.8) is 0 Å². The van der Waals surface area contributed by atoms with Gasteiger partial charge in [0.1, 0.15) is 12.4 Å².